The molecule has 0 bridgehead atoms. The summed E-state index contributed by atoms with van der Waals surface area (Å²) in [7, 11) is 2.34. The monoisotopic (exact) mass is 343 g/mol. The number of carbonyl (C=O) groups excluding carboxylic acids is 1. The summed E-state index contributed by atoms with van der Waals surface area (Å²) in [6, 6.07) is 2.40. The highest BCUT2D eigenvalue weighted by Gasteiger charge is 2.44. The maximum atomic E-state index is 12.4. The Kier molecular flexibility index (Phi) is 3.83. The third kappa shape index (κ3) is 3.08. The Labute approximate surface area is 122 Å². The van der Waals surface area contributed by atoms with Crippen molar-refractivity contribution in [3.8, 4) is 5.75 Å². The van der Waals surface area contributed by atoms with Crippen molar-refractivity contribution in [3.05, 3.63) is 23.3 Å². The molecular formula is C11H9ClF3NO4S. The molecule has 21 heavy (non-hydrogen) atoms. The highest BCUT2D eigenvalue weighted by molar-refractivity contribution is 8.13. The van der Waals surface area contributed by atoms with E-state index in [0.717, 1.165) is 6.07 Å². The summed E-state index contributed by atoms with van der Waals surface area (Å²) in [5, 5.41) is 0. The number of halogens is 4. The lowest BCUT2D eigenvalue weighted by molar-refractivity contribution is -0.186. The number of nitrogens with zero attached hydrogens (tertiary/aromatic N) is 1. The van der Waals surface area contributed by atoms with Crippen molar-refractivity contribution in [1.29, 1.82) is 0 Å². The molecule has 5 nitrogen and oxygen atoms in total. The Balaban J connectivity index is 2.41. The van der Waals surface area contributed by atoms with Crippen molar-refractivity contribution >= 4 is 25.6 Å². The zero-order valence-electron chi connectivity index (χ0n) is 10.6. The Morgan fingerprint density at radius 3 is 2.24 bits per heavy atom. The average Bonchev–Trinajstić information content (AvgIpc) is 2.76. The predicted molar refractivity (Wildman–Crippen MR) is 66.3 cm³/mol. The number of alkyl halides is 3. The number of fused-ring (bicyclic) bond motifs is 1. The molecule has 0 spiro atoms. The minimum absolute atomic E-state index is 0.0787. The lowest BCUT2D eigenvalue weighted by atomic mass is 10.1. The molecular weight excluding hydrogens is 335 g/mol. The van der Waals surface area contributed by atoms with Crippen LogP contribution in [0, 0.1) is 0 Å². The van der Waals surface area contributed by atoms with Crippen LogP contribution in [-0.2, 0) is 26.9 Å². The lowest BCUT2D eigenvalue weighted by Gasteiger charge is -2.16. The van der Waals surface area contributed by atoms with Gasteiger partial charge in [-0.05, 0) is 23.3 Å². The Bertz CT molecular complexity index is 702. The number of benzene rings is 1. The van der Waals surface area contributed by atoms with Gasteiger partial charge in [0, 0.05) is 23.8 Å². The van der Waals surface area contributed by atoms with E-state index < -0.39 is 21.1 Å². The van der Waals surface area contributed by atoms with E-state index in [1.54, 1.807) is 0 Å². The van der Waals surface area contributed by atoms with Crippen LogP contribution in [0.15, 0.2) is 17.0 Å². The molecule has 116 valence electrons. The molecule has 0 fully saturated rings. The summed E-state index contributed by atoms with van der Waals surface area (Å²) in [5.74, 6) is -2.06. The molecule has 0 saturated carbocycles. The third-order valence-electron chi connectivity index (χ3n) is 3.00. The van der Waals surface area contributed by atoms with Gasteiger partial charge in [0.25, 0.3) is 9.05 Å². The van der Waals surface area contributed by atoms with Crippen molar-refractivity contribution in [2.75, 3.05) is 7.11 Å². The number of hydrogen-bond donors (Lipinski definition) is 0. The molecule has 1 amide bonds. The first-order valence-corrected chi connectivity index (χ1v) is 7.85. The van der Waals surface area contributed by atoms with Crippen molar-refractivity contribution < 1.29 is 31.1 Å². The first kappa shape index (κ1) is 15.9. The number of hydrogen-bond acceptors (Lipinski definition) is 4. The summed E-state index contributed by atoms with van der Waals surface area (Å²) in [4.78, 5) is 11.4. The zero-order valence-corrected chi connectivity index (χ0v) is 12.1. The largest absolute Gasteiger partial charge is 0.495 e. The van der Waals surface area contributed by atoms with E-state index in [0.29, 0.717) is 10.5 Å². The fraction of sp³-hybridized carbons (Fsp3) is 0.364. The number of rotatable bonds is 2. The number of methoxy groups -OCH3 is 1. The highest BCUT2D eigenvalue weighted by atomic mass is 35.7. The first-order valence-electron chi connectivity index (χ1n) is 5.54. The van der Waals surface area contributed by atoms with Gasteiger partial charge in [0.15, 0.2) is 0 Å². The van der Waals surface area contributed by atoms with E-state index in [4.69, 9.17) is 15.4 Å². The second-order valence-electron chi connectivity index (χ2n) is 4.37. The third-order valence-corrected chi connectivity index (χ3v) is 4.34. The molecule has 1 aliphatic heterocycles. The van der Waals surface area contributed by atoms with Gasteiger partial charge in [0.2, 0.25) is 0 Å². The molecule has 0 aliphatic carbocycles. The minimum Gasteiger partial charge on any atom is -0.495 e. The second kappa shape index (κ2) is 5.06. The van der Waals surface area contributed by atoms with E-state index in [9.17, 15) is 26.4 Å². The van der Waals surface area contributed by atoms with Crippen molar-refractivity contribution in [3.63, 3.8) is 0 Å². The molecule has 1 aromatic rings. The van der Waals surface area contributed by atoms with E-state index in [1.165, 1.54) is 13.2 Å². The minimum atomic E-state index is -4.98. The van der Waals surface area contributed by atoms with Crippen LogP contribution < -0.4 is 4.74 Å². The topological polar surface area (TPSA) is 63.7 Å². The van der Waals surface area contributed by atoms with Gasteiger partial charge >= 0.3 is 12.1 Å². The molecule has 1 aromatic carbocycles. The van der Waals surface area contributed by atoms with Gasteiger partial charge < -0.3 is 9.64 Å². The van der Waals surface area contributed by atoms with Crippen LogP contribution in [0.4, 0.5) is 13.2 Å². The second-order valence-corrected chi connectivity index (χ2v) is 6.90. The fourth-order valence-corrected chi connectivity index (χ4v) is 3.11. The molecule has 1 aliphatic rings. The summed E-state index contributed by atoms with van der Waals surface area (Å²) >= 11 is 0. The Hall–Kier alpha value is -1.48. The van der Waals surface area contributed by atoms with Crippen LogP contribution in [-0.4, -0.2) is 32.5 Å². The van der Waals surface area contributed by atoms with Crippen molar-refractivity contribution in [2.24, 2.45) is 0 Å². The molecule has 0 N–H and O–H groups in total. The zero-order chi connectivity index (χ0) is 16.0. The SMILES string of the molecule is COc1cc2c(cc1S(=O)(=O)Cl)CN(C(=O)C(F)(F)F)C2. The number of carbonyl (C=O) groups is 1. The number of ether oxygens (including phenoxy) is 1. The quantitative estimate of drug-likeness (QED) is 0.771. The summed E-state index contributed by atoms with van der Waals surface area (Å²) in [6.07, 6.45) is -4.98. The van der Waals surface area contributed by atoms with Gasteiger partial charge in [-0.25, -0.2) is 8.42 Å². The van der Waals surface area contributed by atoms with E-state index in [2.05, 4.69) is 0 Å². The van der Waals surface area contributed by atoms with E-state index in [1.807, 2.05) is 0 Å². The van der Waals surface area contributed by atoms with E-state index in [-0.39, 0.29) is 29.3 Å². The van der Waals surface area contributed by atoms with Gasteiger partial charge in [-0.3, -0.25) is 4.79 Å². The van der Waals surface area contributed by atoms with Gasteiger partial charge in [-0.1, -0.05) is 0 Å². The maximum Gasteiger partial charge on any atom is 0.471 e. The van der Waals surface area contributed by atoms with Crippen LogP contribution in [0.2, 0.25) is 0 Å². The van der Waals surface area contributed by atoms with Crippen molar-refractivity contribution in [2.45, 2.75) is 24.2 Å². The smallest absolute Gasteiger partial charge is 0.471 e. The summed E-state index contributed by atoms with van der Waals surface area (Å²) in [6.45, 7) is -0.607. The summed E-state index contributed by atoms with van der Waals surface area (Å²) in [5.41, 5.74) is 0.668. The van der Waals surface area contributed by atoms with Crippen LogP contribution in [0.1, 0.15) is 11.1 Å². The molecule has 0 aromatic heterocycles. The molecule has 0 saturated heterocycles. The van der Waals surface area contributed by atoms with Gasteiger partial charge in [-0.2, -0.15) is 13.2 Å². The van der Waals surface area contributed by atoms with Gasteiger partial charge in [0.05, 0.1) is 7.11 Å². The van der Waals surface area contributed by atoms with Crippen LogP contribution in [0.5, 0.6) is 5.75 Å². The highest BCUT2D eigenvalue weighted by Crippen LogP contribution is 2.35. The molecule has 10 heteroatoms. The fourth-order valence-electron chi connectivity index (χ4n) is 2.08. The van der Waals surface area contributed by atoms with Gasteiger partial charge in [-0.15, -0.1) is 0 Å². The standard InChI is InChI=1S/C11H9ClF3NO4S/c1-20-8-2-6-4-16(10(17)11(13,14)15)5-7(6)3-9(8)21(12,18)19/h2-3H,4-5H2,1H3. The van der Waals surface area contributed by atoms with Crippen molar-refractivity contribution in [1.82, 2.24) is 4.90 Å². The van der Waals surface area contributed by atoms with Crippen LogP contribution in [0.3, 0.4) is 0 Å². The predicted octanol–water partition coefficient (Wildman–Crippen LogP) is 2.03. The normalized spacial score (nSPS) is 15.0. The summed E-state index contributed by atoms with van der Waals surface area (Å²) < 4.78 is 64.9. The molecule has 2 rings (SSSR count). The lowest BCUT2D eigenvalue weighted by Crippen LogP contribution is -2.37. The number of amides is 1. The molecule has 1 heterocycles. The molecule has 0 unspecified atom stereocenters. The average molecular weight is 344 g/mol. The maximum absolute atomic E-state index is 12.4. The molecule has 0 atom stereocenters. The Morgan fingerprint density at radius 2 is 1.81 bits per heavy atom. The van der Waals surface area contributed by atoms with Gasteiger partial charge in [0.1, 0.15) is 10.6 Å². The van der Waals surface area contributed by atoms with Crippen LogP contribution in [0.25, 0.3) is 0 Å². The molecule has 0 radical (unpaired) electrons. The Morgan fingerprint density at radius 1 is 1.29 bits per heavy atom. The van der Waals surface area contributed by atoms with Crippen LogP contribution >= 0.6 is 10.7 Å². The van der Waals surface area contributed by atoms with E-state index >= 15 is 0 Å². The first-order chi connectivity index (χ1) is 9.54.